The Labute approximate surface area is 440 Å². The molecule has 0 aliphatic carbocycles. The van der Waals surface area contributed by atoms with Gasteiger partial charge < -0.3 is 28.5 Å². The maximum atomic E-state index is 13.5. The first-order valence-electron chi connectivity index (χ1n) is 30.3. The van der Waals surface area contributed by atoms with E-state index in [0.29, 0.717) is 17.4 Å². The summed E-state index contributed by atoms with van der Waals surface area (Å²) >= 11 is 0. The average molecular weight is 1020 g/mol. The number of likely N-dealkylation sites (N-methyl/N-ethyl adjacent to an activating group) is 1. The van der Waals surface area contributed by atoms with Crippen molar-refractivity contribution in [2.24, 2.45) is 0 Å². The van der Waals surface area contributed by atoms with Crippen LogP contribution in [0.1, 0.15) is 290 Å². The topological polar surface area (TPSA) is 114 Å². The van der Waals surface area contributed by atoms with Crippen LogP contribution < -0.4 is 10.2 Å². The highest BCUT2D eigenvalue weighted by atomic mass is 31.2. The average Bonchev–Trinajstić information content (AvgIpc) is 3.33. The Morgan fingerprint density at radius 1 is 0.493 bits per heavy atom. The number of allylic oxidation sites excluding steroid dienone is 5. The molecule has 0 rings (SSSR count). The second-order valence-electron chi connectivity index (χ2n) is 21.9. The van der Waals surface area contributed by atoms with Crippen LogP contribution in [0.4, 0.5) is 0 Å². The van der Waals surface area contributed by atoms with E-state index in [4.69, 9.17) is 13.8 Å². The van der Waals surface area contributed by atoms with Gasteiger partial charge in [-0.2, -0.15) is 0 Å². The standard InChI is InChI=1S/C61H117N2O7P/c1-7-10-13-16-19-22-25-27-29-30-31-32-34-36-39-42-45-48-51-54-61(65)70-59(52-49-46-43-40-37-24-21-18-15-12-9-3)58(57-69-71(66,67)68-56-55-63(4,5)6)62-60(64)53-50-47-44-41-38-35-33-28-26-23-20-17-14-11-8-2/h20,23,26,28,49,52,58-59H,7-19,21-22,24-25,27,29-48,50-51,53-57H2,1-6H3,(H-,62,64,66,67)/b23-20+,28-26+,52-49+. The van der Waals surface area contributed by atoms with Crippen LogP contribution in [0.25, 0.3) is 0 Å². The first-order valence-corrected chi connectivity index (χ1v) is 31.8. The molecule has 0 aliphatic rings. The maximum Gasteiger partial charge on any atom is 0.306 e. The van der Waals surface area contributed by atoms with Crippen molar-refractivity contribution in [3.8, 4) is 0 Å². The van der Waals surface area contributed by atoms with Crippen molar-refractivity contribution in [1.82, 2.24) is 5.32 Å². The van der Waals surface area contributed by atoms with Crippen LogP contribution in [-0.4, -0.2) is 69.4 Å². The lowest BCUT2D eigenvalue weighted by Crippen LogP contribution is -2.47. The van der Waals surface area contributed by atoms with Gasteiger partial charge in [0.15, 0.2) is 0 Å². The van der Waals surface area contributed by atoms with E-state index in [1.807, 2.05) is 33.3 Å². The number of ether oxygens (including phenoxy) is 1. The van der Waals surface area contributed by atoms with Gasteiger partial charge in [-0.1, -0.05) is 257 Å². The lowest BCUT2D eigenvalue weighted by Gasteiger charge is -2.30. The van der Waals surface area contributed by atoms with Crippen LogP contribution in [0.3, 0.4) is 0 Å². The van der Waals surface area contributed by atoms with Gasteiger partial charge in [-0.3, -0.25) is 14.2 Å². The molecule has 0 aromatic heterocycles. The highest BCUT2D eigenvalue weighted by molar-refractivity contribution is 7.45. The van der Waals surface area contributed by atoms with E-state index in [1.54, 1.807) is 0 Å². The van der Waals surface area contributed by atoms with E-state index in [0.717, 1.165) is 83.5 Å². The number of carbonyl (C=O) groups is 2. The van der Waals surface area contributed by atoms with Crippen molar-refractivity contribution < 1.29 is 37.3 Å². The van der Waals surface area contributed by atoms with E-state index in [9.17, 15) is 19.0 Å². The monoisotopic (exact) mass is 1020 g/mol. The van der Waals surface area contributed by atoms with E-state index >= 15 is 0 Å². The number of rotatable bonds is 55. The van der Waals surface area contributed by atoms with Gasteiger partial charge in [-0.05, 0) is 57.4 Å². The zero-order valence-corrected chi connectivity index (χ0v) is 48.6. The summed E-state index contributed by atoms with van der Waals surface area (Å²) in [6.07, 6.45) is 61.1. The number of esters is 1. The molecule has 0 fully saturated rings. The normalized spacial score (nSPS) is 14.0. The van der Waals surface area contributed by atoms with Gasteiger partial charge in [0.1, 0.15) is 19.3 Å². The van der Waals surface area contributed by atoms with E-state index < -0.39 is 20.0 Å². The summed E-state index contributed by atoms with van der Waals surface area (Å²) < 4.78 is 30.3. The number of phosphoric acid groups is 1. The summed E-state index contributed by atoms with van der Waals surface area (Å²) in [6, 6.07) is -0.889. The zero-order valence-electron chi connectivity index (χ0n) is 47.7. The van der Waals surface area contributed by atoms with Crippen LogP contribution in [0.5, 0.6) is 0 Å². The third-order valence-electron chi connectivity index (χ3n) is 13.6. The second-order valence-corrected chi connectivity index (χ2v) is 23.3. The number of phosphoric ester groups is 1. The Morgan fingerprint density at radius 3 is 1.27 bits per heavy atom. The van der Waals surface area contributed by atoms with Crippen molar-refractivity contribution in [2.75, 3.05) is 40.9 Å². The molecule has 9 nitrogen and oxygen atoms in total. The molecule has 3 atom stereocenters. The Hall–Kier alpha value is -1.77. The minimum absolute atomic E-state index is 0.0228. The molecule has 0 aromatic carbocycles. The third-order valence-corrected chi connectivity index (χ3v) is 14.6. The molecule has 0 saturated carbocycles. The van der Waals surface area contributed by atoms with Crippen LogP contribution in [-0.2, 0) is 27.9 Å². The van der Waals surface area contributed by atoms with Gasteiger partial charge in [-0.15, -0.1) is 0 Å². The smallest absolute Gasteiger partial charge is 0.306 e. The summed E-state index contributed by atoms with van der Waals surface area (Å²) in [5, 5.41) is 3.02. The molecule has 0 heterocycles. The Kier molecular flexibility index (Phi) is 50.4. The fraction of sp³-hybridized carbons (Fsp3) is 0.869. The number of amides is 1. The first-order chi connectivity index (χ1) is 34.4. The third kappa shape index (κ3) is 52.9. The van der Waals surface area contributed by atoms with Gasteiger partial charge in [0, 0.05) is 12.8 Å². The SMILES string of the molecule is CCCCC/C=C/C=C/CCCCCCCCC(=O)NC(COP(=O)([O-])OCC[N+](C)(C)C)C(/C=C/CCCCCCCCCCC)OC(=O)CCCCCCCCCCCCCCCCCCCCC. The number of hydrogen-bond donors (Lipinski definition) is 1. The van der Waals surface area contributed by atoms with Crippen molar-refractivity contribution in [3.63, 3.8) is 0 Å². The summed E-state index contributed by atoms with van der Waals surface area (Å²) in [4.78, 5) is 39.9. The van der Waals surface area contributed by atoms with Crippen LogP contribution in [0.15, 0.2) is 36.5 Å². The Bertz CT molecular complexity index is 1310. The molecule has 0 saturated heterocycles. The second kappa shape index (κ2) is 51.7. The van der Waals surface area contributed by atoms with E-state index in [-0.39, 0.29) is 31.5 Å². The van der Waals surface area contributed by atoms with Crippen molar-refractivity contribution in [1.29, 1.82) is 0 Å². The van der Waals surface area contributed by atoms with Gasteiger partial charge in [0.25, 0.3) is 7.82 Å². The van der Waals surface area contributed by atoms with Crippen molar-refractivity contribution >= 4 is 19.7 Å². The van der Waals surface area contributed by atoms with Crippen LogP contribution in [0.2, 0.25) is 0 Å². The predicted octanol–water partition coefficient (Wildman–Crippen LogP) is 17.7. The molecule has 71 heavy (non-hydrogen) atoms. The number of quaternary nitrogens is 1. The Balaban J connectivity index is 5.22. The highest BCUT2D eigenvalue weighted by Crippen LogP contribution is 2.38. The van der Waals surface area contributed by atoms with Gasteiger partial charge in [0.05, 0.1) is 33.8 Å². The molecule has 10 heteroatoms. The summed E-state index contributed by atoms with van der Waals surface area (Å²) in [7, 11) is 1.19. The lowest BCUT2D eigenvalue weighted by atomic mass is 10.0. The Morgan fingerprint density at radius 2 is 0.845 bits per heavy atom. The molecular formula is C61H117N2O7P. The van der Waals surface area contributed by atoms with Gasteiger partial charge >= 0.3 is 5.97 Å². The number of carbonyl (C=O) groups excluding carboxylic acids is 2. The number of nitrogens with zero attached hydrogens (tertiary/aromatic N) is 1. The van der Waals surface area contributed by atoms with Gasteiger partial charge in [0.2, 0.25) is 5.91 Å². The molecule has 418 valence electrons. The minimum atomic E-state index is -4.69. The molecule has 0 aromatic rings. The zero-order chi connectivity index (χ0) is 52.2. The molecule has 0 aliphatic heterocycles. The minimum Gasteiger partial charge on any atom is -0.756 e. The fourth-order valence-electron chi connectivity index (χ4n) is 8.87. The predicted molar refractivity (Wildman–Crippen MR) is 303 cm³/mol. The van der Waals surface area contributed by atoms with Crippen molar-refractivity contribution in [2.45, 2.75) is 303 Å². The molecule has 1 N–H and O–H groups in total. The van der Waals surface area contributed by atoms with Crippen molar-refractivity contribution in [3.05, 3.63) is 36.5 Å². The van der Waals surface area contributed by atoms with E-state index in [2.05, 4.69) is 50.4 Å². The van der Waals surface area contributed by atoms with Crippen LogP contribution in [0, 0.1) is 0 Å². The number of hydrogen-bond acceptors (Lipinski definition) is 7. The summed E-state index contributed by atoms with van der Waals surface area (Å²) in [6.45, 7) is 6.83. The molecule has 3 unspecified atom stereocenters. The van der Waals surface area contributed by atoms with Gasteiger partial charge in [-0.25, -0.2) is 0 Å². The molecule has 0 spiro atoms. The lowest BCUT2D eigenvalue weighted by molar-refractivity contribution is -0.870. The molecular weight excluding hydrogens is 904 g/mol. The fourth-order valence-corrected chi connectivity index (χ4v) is 9.59. The molecule has 1 amide bonds. The molecule has 0 bridgehead atoms. The molecule has 0 radical (unpaired) electrons. The van der Waals surface area contributed by atoms with E-state index in [1.165, 1.54) is 173 Å². The summed E-state index contributed by atoms with van der Waals surface area (Å²) in [5.41, 5.74) is 0. The highest BCUT2D eigenvalue weighted by Gasteiger charge is 2.27. The summed E-state index contributed by atoms with van der Waals surface area (Å²) in [5.74, 6) is -0.543. The first kappa shape index (κ1) is 69.2. The number of nitrogens with one attached hydrogen (secondary N) is 1. The van der Waals surface area contributed by atoms with Crippen LogP contribution >= 0.6 is 7.82 Å². The maximum absolute atomic E-state index is 13.5. The number of unbranched alkanes of at least 4 members (excludes halogenated alkanes) is 36. The quantitative estimate of drug-likeness (QED) is 0.0161. The largest absolute Gasteiger partial charge is 0.756 e.